The van der Waals surface area contributed by atoms with Crippen LogP contribution in [-0.2, 0) is 9.59 Å². The summed E-state index contributed by atoms with van der Waals surface area (Å²) in [5, 5.41) is 0. The molecule has 0 saturated carbocycles. The first-order chi connectivity index (χ1) is 10.7. The molecule has 1 unspecified atom stereocenters. The molecule has 0 aromatic carbocycles. The van der Waals surface area contributed by atoms with E-state index in [0.717, 1.165) is 19.1 Å². The summed E-state index contributed by atoms with van der Waals surface area (Å²) < 4.78 is 0. The predicted octanol–water partition coefficient (Wildman–Crippen LogP) is 4.95. The molecule has 130 valence electrons. The number of aldehydes is 1. The van der Waals surface area contributed by atoms with Crippen molar-refractivity contribution in [1.82, 2.24) is 0 Å². The van der Waals surface area contributed by atoms with E-state index in [2.05, 4.69) is 6.92 Å². The molecular formula is C19H37NO2. The Hall–Kier alpha value is -0.700. The normalized spacial score (nSPS) is 12.3. The van der Waals surface area contributed by atoms with Crippen molar-refractivity contribution in [2.75, 3.05) is 0 Å². The molecule has 0 aliphatic carbocycles. The maximum atomic E-state index is 11.6. The van der Waals surface area contributed by atoms with Gasteiger partial charge in [-0.3, -0.25) is 4.79 Å². The van der Waals surface area contributed by atoms with Crippen molar-refractivity contribution in [1.29, 1.82) is 0 Å². The highest BCUT2D eigenvalue weighted by atomic mass is 16.1. The van der Waals surface area contributed by atoms with Gasteiger partial charge in [-0.1, -0.05) is 84.0 Å². The Morgan fingerprint density at radius 3 is 1.64 bits per heavy atom. The van der Waals surface area contributed by atoms with Gasteiger partial charge in [0.05, 0.1) is 6.04 Å². The van der Waals surface area contributed by atoms with Crippen LogP contribution < -0.4 is 5.73 Å². The molecule has 0 aliphatic heterocycles. The van der Waals surface area contributed by atoms with E-state index in [1.54, 1.807) is 0 Å². The van der Waals surface area contributed by atoms with Crippen molar-refractivity contribution < 1.29 is 9.59 Å². The molecule has 0 radical (unpaired) electrons. The summed E-state index contributed by atoms with van der Waals surface area (Å²) in [6.07, 6.45) is 18.4. The van der Waals surface area contributed by atoms with E-state index in [0.29, 0.717) is 6.42 Å². The standard InChI is InChI=1S/C19H37NO2/c1-2-3-4-5-6-7-8-9-10-11-12-13-14-15-19(22)18(20)16-17-21/h17-18H,2-16,20H2,1H3. The Morgan fingerprint density at radius 2 is 1.23 bits per heavy atom. The van der Waals surface area contributed by atoms with Gasteiger partial charge in [0.1, 0.15) is 12.1 Å². The Kier molecular flexibility index (Phi) is 16.1. The van der Waals surface area contributed by atoms with Crippen molar-refractivity contribution >= 4 is 12.1 Å². The third kappa shape index (κ3) is 14.2. The van der Waals surface area contributed by atoms with Crippen LogP contribution in [-0.4, -0.2) is 18.1 Å². The molecule has 0 aromatic rings. The zero-order valence-electron chi connectivity index (χ0n) is 14.7. The van der Waals surface area contributed by atoms with Gasteiger partial charge in [0.15, 0.2) is 0 Å². The van der Waals surface area contributed by atoms with E-state index in [1.165, 1.54) is 70.6 Å². The van der Waals surface area contributed by atoms with E-state index < -0.39 is 6.04 Å². The molecule has 1 atom stereocenters. The van der Waals surface area contributed by atoms with Crippen LogP contribution in [0.25, 0.3) is 0 Å². The van der Waals surface area contributed by atoms with Gasteiger partial charge in [0, 0.05) is 12.8 Å². The Labute approximate surface area is 137 Å². The van der Waals surface area contributed by atoms with E-state index in [9.17, 15) is 9.59 Å². The molecule has 0 amide bonds. The predicted molar refractivity (Wildman–Crippen MR) is 94.0 cm³/mol. The van der Waals surface area contributed by atoms with Gasteiger partial charge in [0.25, 0.3) is 0 Å². The average Bonchev–Trinajstić information content (AvgIpc) is 2.51. The molecule has 0 bridgehead atoms. The summed E-state index contributed by atoms with van der Waals surface area (Å²) in [6.45, 7) is 2.26. The molecule has 0 rings (SSSR count). The van der Waals surface area contributed by atoms with Gasteiger partial charge in [-0.05, 0) is 6.42 Å². The molecule has 0 fully saturated rings. The number of ketones is 1. The first kappa shape index (κ1) is 21.3. The highest BCUT2D eigenvalue weighted by molar-refractivity contribution is 5.85. The van der Waals surface area contributed by atoms with Gasteiger partial charge in [-0.25, -0.2) is 0 Å². The zero-order chi connectivity index (χ0) is 16.5. The van der Waals surface area contributed by atoms with Gasteiger partial charge in [-0.2, -0.15) is 0 Å². The van der Waals surface area contributed by atoms with Crippen LogP contribution in [0.5, 0.6) is 0 Å². The van der Waals surface area contributed by atoms with Crippen LogP contribution in [0.2, 0.25) is 0 Å². The van der Waals surface area contributed by atoms with Gasteiger partial charge in [0.2, 0.25) is 0 Å². The van der Waals surface area contributed by atoms with Gasteiger partial charge < -0.3 is 10.5 Å². The fourth-order valence-corrected chi connectivity index (χ4v) is 2.74. The molecule has 0 aromatic heterocycles. The smallest absolute Gasteiger partial charge is 0.149 e. The number of hydrogen-bond donors (Lipinski definition) is 1. The summed E-state index contributed by atoms with van der Waals surface area (Å²) >= 11 is 0. The zero-order valence-corrected chi connectivity index (χ0v) is 14.7. The summed E-state index contributed by atoms with van der Waals surface area (Å²) in [5.41, 5.74) is 5.59. The number of unbranched alkanes of at least 4 members (excludes halogenated alkanes) is 12. The Morgan fingerprint density at radius 1 is 0.818 bits per heavy atom. The molecule has 22 heavy (non-hydrogen) atoms. The molecule has 0 spiro atoms. The van der Waals surface area contributed by atoms with Gasteiger partial charge >= 0.3 is 0 Å². The molecule has 0 saturated heterocycles. The van der Waals surface area contributed by atoms with Crippen LogP contribution >= 0.6 is 0 Å². The minimum atomic E-state index is -0.574. The average molecular weight is 312 g/mol. The minimum absolute atomic E-state index is 0.0372. The largest absolute Gasteiger partial charge is 0.321 e. The highest BCUT2D eigenvalue weighted by Crippen LogP contribution is 2.13. The lowest BCUT2D eigenvalue weighted by atomic mass is 10.0. The number of carbonyl (C=O) groups is 2. The first-order valence-corrected chi connectivity index (χ1v) is 9.44. The summed E-state index contributed by atoms with van der Waals surface area (Å²) in [4.78, 5) is 21.8. The fraction of sp³-hybridized carbons (Fsp3) is 0.895. The number of rotatable bonds is 17. The highest BCUT2D eigenvalue weighted by Gasteiger charge is 2.11. The van der Waals surface area contributed by atoms with E-state index in [1.807, 2.05) is 0 Å². The lowest BCUT2D eigenvalue weighted by Crippen LogP contribution is -2.30. The van der Waals surface area contributed by atoms with Gasteiger partial charge in [-0.15, -0.1) is 0 Å². The lowest BCUT2D eigenvalue weighted by molar-refractivity contribution is -0.122. The van der Waals surface area contributed by atoms with E-state index >= 15 is 0 Å². The Bertz CT molecular complexity index is 266. The maximum absolute atomic E-state index is 11.6. The van der Waals surface area contributed by atoms with Crippen LogP contribution in [0.4, 0.5) is 0 Å². The SMILES string of the molecule is CCCCCCCCCCCCCCCC(=O)C(N)CC=O. The molecular weight excluding hydrogens is 274 g/mol. The molecule has 3 nitrogen and oxygen atoms in total. The number of nitrogens with two attached hydrogens (primary N) is 1. The maximum Gasteiger partial charge on any atom is 0.149 e. The lowest BCUT2D eigenvalue weighted by Gasteiger charge is -2.06. The second kappa shape index (κ2) is 16.7. The summed E-state index contributed by atoms with van der Waals surface area (Å²) in [5.74, 6) is 0.0372. The number of carbonyl (C=O) groups excluding carboxylic acids is 2. The van der Waals surface area contributed by atoms with Crippen LogP contribution in [0, 0.1) is 0 Å². The van der Waals surface area contributed by atoms with E-state index in [4.69, 9.17) is 5.73 Å². The van der Waals surface area contributed by atoms with Crippen molar-refractivity contribution in [3.8, 4) is 0 Å². The van der Waals surface area contributed by atoms with Crippen molar-refractivity contribution in [2.24, 2.45) is 5.73 Å². The van der Waals surface area contributed by atoms with Crippen LogP contribution in [0.15, 0.2) is 0 Å². The third-order valence-electron chi connectivity index (χ3n) is 4.29. The monoisotopic (exact) mass is 311 g/mol. The molecule has 2 N–H and O–H groups in total. The molecule has 0 heterocycles. The first-order valence-electron chi connectivity index (χ1n) is 9.44. The quantitative estimate of drug-likeness (QED) is 0.305. The van der Waals surface area contributed by atoms with Crippen LogP contribution in [0.1, 0.15) is 103 Å². The van der Waals surface area contributed by atoms with Crippen molar-refractivity contribution in [3.63, 3.8) is 0 Å². The molecule has 0 aliphatic rings. The van der Waals surface area contributed by atoms with Crippen molar-refractivity contribution in [2.45, 2.75) is 109 Å². The minimum Gasteiger partial charge on any atom is -0.321 e. The number of Topliss-reactive ketones (excluding diaryl/α,β-unsaturated/α-hetero) is 1. The summed E-state index contributed by atoms with van der Waals surface area (Å²) in [7, 11) is 0. The second-order valence-electron chi connectivity index (χ2n) is 6.47. The summed E-state index contributed by atoms with van der Waals surface area (Å²) in [6, 6.07) is -0.574. The van der Waals surface area contributed by atoms with Crippen LogP contribution in [0.3, 0.4) is 0 Å². The number of hydrogen-bond acceptors (Lipinski definition) is 3. The Balaban J connectivity index is 3.17. The van der Waals surface area contributed by atoms with E-state index in [-0.39, 0.29) is 12.2 Å². The topological polar surface area (TPSA) is 60.2 Å². The second-order valence-corrected chi connectivity index (χ2v) is 6.47. The third-order valence-corrected chi connectivity index (χ3v) is 4.29. The fourth-order valence-electron chi connectivity index (χ4n) is 2.74. The van der Waals surface area contributed by atoms with Crippen molar-refractivity contribution in [3.05, 3.63) is 0 Å². The molecule has 3 heteroatoms.